The summed E-state index contributed by atoms with van der Waals surface area (Å²) in [7, 11) is 3.85. The third-order valence-electron chi connectivity index (χ3n) is 9.09. The predicted octanol–water partition coefficient (Wildman–Crippen LogP) is 0.605. The lowest BCUT2D eigenvalue weighted by molar-refractivity contribution is -0.857. The topological polar surface area (TPSA) is 124 Å². The van der Waals surface area contributed by atoms with E-state index in [-0.39, 0.29) is 12.8 Å². The van der Waals surface area contributed by atoms with Crippen molar-refractivity contribution >= 4 is 17.7 Å². The van der Waals surface area contributed by atoms with E-state index in [1.807, 2.05) is 27.9 Å². The van der Waals surface area contributed by atoms with Gasteiger partial charge in [0.2, 0.25) is 0 Å². The lowest BCUT2D eigenvalue weighted by Crippen LogP contribution is -3.05. The van der Waals surface area contributed by atoms with Gasteiger partial charge in [-0.15, -0.1) is 6.58 Å². The van der Waals surface area contributed by atoms with Crippen molar-refractivity contribution in [2.75, 3.05) is 20.6 Å². The number of fused-ring (bicyclic) bond motifs is 3. The number of hydrogen-bond acceptors (Lipinski definition) is 8. The van der Waals surface area contributed by atoms with Gasteiger partial charge < -0.3 is 29.3 Å². The summed E-state index contributed by atoms with van der Waals surface area (Å²) in [4.78, 5) is 40.5. The Bertz CT molecular complexity index is 933. The number of ketones is 1. The molecule has 0 aromatic rings. The van der Waals surface area contributed by atoms with Crippen LogP contribution in [0.4, 0.5) is 0 Å². The highest BCUT2D eigenvalue weighted by molar-refractivity contribution is 5.92. The number of carbonyl (C=O) groups is 3. The molecule has 9 nitrogen and oxygen atoms in total. The van der Waals surface area contributed by atoms with Gasteiger partial charge in [-0.05, 0) is 32.1 Å². The zero-order valence-electron chi connectivity index (χ0n) is 23.0. The largest absolute Gasteiger partial charge is 0.458 e. The van der Waals surface area contributed by atoms with Crippen LogP contribution in [0.3, 0.4) is 0 Å². The third kappa shape index (κ3) is 4.12. The van der Waals surface area contributed by atoms with Crippen LogP contribution in [0.15, 0.2) is 12.7 Å². The summed E-state index contributed by atoms with van der Waals surface area (Å²) >= 11 is 0. The summed E-state index contributed by atoms with van der Waals surface area (Å²) in [5.41, 5.74) is -7.29. The smallest absolute Gasteiger partial charge is 0.311 e. The van der Waals surface area contributed by atoms with E-state index in [0.29, 0.717) is 19.4 Å². The number of esters is 2. The van der Waals surface area contributed by atoms with E-state index in [9.17, 15) is 24.6 Å². The van der Waals surface area contributed by atoms with Crippen molar-refractivity contribution in [2.24, 2.45) is 16.7 Å². The number of Topliss-reactive ketones (excluding diaryl/α,β-unsaturated/α-hetero) is 1. The van der Waals surface area contributed by atoms with Crippen LogP contribution in [0.1, 0.15) is 67.2 Å². The lowest BCUT2D eigenvalue weighted by Gasteiger charge is -2.71. The molecule has 1 aliphatic heterocycles. The SMILES string of the molecule is C=C[C@@]1(C)CC(=O)[C@]2(O)[C@@]3(C)[C@@H](O)CCC(C)(C)[C@@H]3[C@H](OC(=O)CC[NH+](C)C)[C@H](OC(C)=O)[C@@]2(C)O1. The minimum atomic E-state index is -2.24. The standard InChI is InChI=1S/C27H43NO8/c1-10-24(5)15-18(31)27(33)25(6)17(30)11-13-23(3,4)21(25)20(35-19(32)12-14-28(8)9)22(34-16(2)29)26(27,7)36-24/h10,17,20-22,30,33H,1,11-15H2,2-9H3/p+1/t17-,20-,21-,22-,24-,25-,26+,27-/m0/s1. The zero-order chi connectivity index (χ0) is 27.5. The van der Waals surface area contributed by atoms with Gasteiger partial charge in [-0.2, -0.15) is 0 Å². The number of nitrogens with one attached hydrogen (secondary N) is 1. The van der Waals surface area contributed by atoms with Crippen LogP contribution in [-0.4, -0.2) is 83.7 Å². The Morgan fingerprint density at radius 1 is 1.19 bits per heavy atom. The highest BCUT2D eigenvalue weighted by Gasteiger charge is 2.82. The summed E-state index contributed by atoms with van der Waals surface area (Å²) in [6.07, 6.45) is -1.12. The molecule has 0 aromatic carbocycles. The highest BCUT2D eigenvalue weighted by Crippen LogP contribution is 2.67. The van der Waals surface area contributed by atoms with E-state index >= 15 is 0 Å². The Hall–Kier alpha value is -1.81. The van der Waals surface area contributed by atoms with Gasteiger partial charge >= 0.3 is 11.9 Å². The Labute approximate surface area is 214 Å². The second-order valence-electron chi connectivity index (χ2n) is 12.5. The maximum absolute atomic E-state index is 13.9. The molecule has 36 heavy (non-hydrogen) atoms. The van der Waals surface area contributed by atoms with Crippen LogP contribution in [-0.2, 0) is 28.6 Å². The van der Waals surface area contributed by atoms with Crippen molar-refractivity contribution in [1.82, 2.24) is 0 Å². The minimum absolute atomic E-state index is 0.128. The lowest BCUT2D eigenvalue weighted by atomic mass is 9.39. The van der Waals surface area contributed by atoms with Crippen molar-refractivity contribution < 1.29 is 43.7 Å². The Morgan fingerprint density at radius 3 is 2.33 bits per heavy atom. The molecule has 1 saturated heterocycles. The van der Waals surface area contributed by atoms with E-state index in [2.05, 4.69) is 6.58 Å². The quantitative estimate of drug-likeness (QED) is 0.351. The zero-order valence-corrected chi connectivity index (χ0v) is 23.0. The maximum atomic E-state index is 13.9. The Kier molecular flexibility index (Phi) is 7.34. The Morgan fingerprint density at radius 2 is 1.81 bits per heavy atom. The molecule has 2 aliphatic carbocycles. The number of rotatable bonds is 6. The third-order valence-corrected chi connectivity index (χ3v) is 9.09. The molecule has 8 atom stereocenters. The monoisotopic (exact) mass is 510 g/mol. The van der Waals surface area contributed by atoms with Gasteiger partial charge in [0, 0.05) is 24.7 Å². The molecular formula is C27H44NO8+. The number of quaternary nitrogens is 1. The van der Waals surface area contributed by atoms with E-state index in [4.69, 9.17) is 14.2 Å². The second-order valence-corrected chi connectivity index (χ2v) is 12.5. The average molecular weight is 511 g/mol. The molecule has 1 heterocycles. The first-order valence-electron chi connectivity index (χ1n) is 12.8. The summed E-state index contributed by atoms with van der Waals surface area (Å²) in [5, 5.41) is 24.0. The summed E-state index contributed by atoms with van der Waals surface area (Å²) in [5.74, 6) is -2.39. The molecular weight excluding hydrogens is 466 g/mol. The molecule has 0 unspecified atom stereocenters. The fourth-order valence-electron chi connectivity index (χ4n) is 7.31. The number of hydrogen-bond donors (Lipinski definition) is 3. The van der Waals surface area contributed by atoms with Gasteiger partial charge in [0.25, 0.3) is 0 Å². The first-order chi connectivity index (χ1) is 16.4. The molecule has 3 aliphatic rings. The van der Waals surface area contributed by atoms with Crippen molar-refractivity contribution in [1.29, 1.82) is 0 Å². The van der Waals surface area contributed by atoms with Crippen molar-refractivity contribution in [2.45, 2.75) is 102 Å². The van der Waals surface area contributed by atoms with Crippen molar-refractivity contribution in [3.63, 3.8) is 0 Å². The molecule has 0 spiro atoms. The fraction of sp³-hybridized carbons (Fsp3) is 0.815. The van der Waals surface area contributed by atoms with E-state index in [1.165, 1.54) is 19.9 Å². The molecule has 204 valence electrons. The maximum Gasteiger partial charge on any atom is 0.311 e. The molecule has 0 amide bonds. The van der Waals surface area contributed by atoms with E-state index in [1.54, 1.807) is 13.8 Å². The van der Waals surface area contributed by atoms with Crippen LogP contribution in [0.5, 0.6) is 0 Å². The molecule has 2 saturated carbocycles. The normalized spacial score (nSPS) is 43.8. The molecule has 9 heteroatoms. The number of aliphatic hydroxyl groups is 2. The summed E-state index contributed by atoms with van der Waals surface area (Å²) < 4.78 is 18.4. The van der Waals surface area contributed by atoms with Gasteiger partial charge in [-0.1, -0.05) is 26.8 Å². The van der Waals surface area contributed by atoms with Gasteiger partial charge in [0.1, 0.15) is 11.7 Å². The van der Waals surface area contributed by atoms with Crippen LogP contribution in [0, 0.1) is 16.7 Å². The van der Waals surface area contributed by atoms with E-state index < -0.39 is 69.6 Å². The number of ether oxygens (including phenoxy) is 3. The molecule has 3 N–H and O–H groups in total. The number of aliphatic hydroxyl groups excluding tert-OH is 1. The predicted molar refractivity (Wildman–Crippen MR) is 131 cm³/mol. The van der Waals surface area contributed by atoms with Crippen LogP contribution in [0.2, 0.25) is 0 Å². The molecule has 0 bridgehead atoms. The first-order valence-corrected chi connectivity index (χ1v) is 12.8. The van der Waals surface area contributed by atoms with Crippen LogP contribution < -0.4 is 4.90 Å². The minimum Gasteiger partial charge on any atom is -0.458 e. The Balaban J connectivity index is 2.29. The van der Waals surface area contributed by atoms with Gasteiger partial charge in [-0.3, -0.25) is 14.4 Å². The van der Waals surface area contributed by atoms with Gasteiger partial charge in [-0.25, -0.2) is 0 Å². The van der Waals surface area contributed by atoms with Crippen LogP contribution >= 0.6 is 0 Å². The van der Waals surface area contributed by atoms with Crippen molar-refractivity contribution in [3.05, 3.63) is 12.7 Å². The van der Waals surface area contributed by atoms with Gasteiger partial charge in [0.15, 0.2) is 17.5 Å². The molecule has 0 radical (unpaired) electrons. The fourth-order valence-corrected chi connectivity index (χ4v) is 7.31. The van der Waals surface area contributed by atoms with Crippen molar-refractivity contribution in [3.8, 4) is 0 Å². The highest BCUT2D eigenvalue weighted by atomic mass is 16.6. The molecule has 3 fully saturated rings. The van der Waals surface area contributed by atoms with Gasteiger partial charge in [0.05, 0.1) is 38.8 Å². The first kappa shape index (κ1) is 28.8. The van der Waals surface area contributed by atoms with E-state index in [0.717, 1.165) is 4.90 Å². The number of carbonyl (C=O) groups excluding carboxylic acids is 3. The molecule has 3 rings (SSSR count). The average Bonchev–Trinajstić information content (AvgIpc) is 2.75. The summed E-state index contributed by atoms with van der Waals surface area (Å²) in [6, 6.07) is 0. The summed E-state index contributed by atoms with van der Waals surface area (Å²) in [6.45, 7) is 14.4. The van der Waals surface area contributed by atoms with Crippen LogP contribution in [0.25, 0.3) is 0 Å². The molecule has 0 aromatic heterocycles. The second kappa shape index (κ2) is 9.19.